The van der Waals surface area contributed by atoms with Crippen LogP contribution in [-0.2, 0) is 27.5 Å². The number of benzene rings is 2. The van der Waals surface area contributed by atoms with Crippen LogP contribution in [0.2, 0.25) is 0 Å². The molecule has 0 bridgehead atoms. The lowest BCUT2D eigenvalue weighted by Crippen LogP contribution is -2.45. The minimum Gasteiger partial charge on any atom is -0.385 e. The van der Waals surface area contributed by atoms with Gasteiger partial charge in [0.25, 0.3) is 0 Å². The molecule has 2 heterocycles. The summed E-state index contributed by atoms with van der Waals surface area (Å²) in [5, 5.41) is 4.79. The van der Waals surface area contributed by atoms with Gasteiger partial charge in [0.05, 0.1) is 21.8 Å². The maximum atomic E-state index is 13.8. The second-order valence-corrected chi connectivity index (χ2v) is 11.6. The molecule has 12 heteroatoms. The van der Waals surface area contributed by atoms with Crippen molar-refractivity contribution in [3.8, 4) is 5.69 Å². The summed E-state index contributed by atoms with van der Waals surface area (Å²) >= 11 is 0. The molecular weight excluding hydrogens is 531 g/mol. The molecule has 0 saturated carbocycles. The van der Waals surface area contributed by atoms with E-state index in [0.29, 0.717) is 24.8 Å². The van der Waals surface area contributed by atoms with E-state index in [1.165, 1.54) is 17.5 Å². The predicted molar refractivity (Wildman–Crippen MR) is 144 cm³/mol. The van der Waals surface area contributed by atoms with Crippen LogP contribution >= 0.6 is 0 Å². The number of piperazine rings is 1. The summed E-state index contributed by atoms with van der Waals surface area (Å²) in [4.78, 5) is 4.03. The van der Waals surface area contributed by atoms with Crippen molar-refractivity contribution < 1.29 is 26.3 Å². The lowest BCUT2D eigenvalue weighted by molar-refractivity contribution is -0.137. The van der Waals surface area contributed by atoms with Gasteiger partial charge in [0.15, 0.2) is 0 Å². The third kappa shape index (κ3) is 6.63. The number of hydrogen-bond acceptors (Lipinski definition) is 6. The molecule has 4 rings (SSSR count). The van der Waals surface area contributed by atoms with Crippen molar-refractivity contribution in [2.45, 2.75) is 31.0 Å². The van der Waals surface area contributed by atoms with Crippen molar-refractivity contribution in [2.24, 2.45) is 0 Å². The fraction of sp³-hybridized carbons (Fsp3) is 0.444. The highest BCUT2D eigenvalue weighted by molar-refractivity contribution is 7.89. The van der Waals surface area contributed by atoms with Gasteiger partial charge in [-0.2, -0.15) is 22.6 Å². The minimum atomic E-state index is -4.66. The van der Waals surface area contributed by atoms with Crippen LogP contribution in [0.15, 0.2) is 59.5 Å². The number of nitrogens with zero attached hydrogens (tertiary/aromatic N) is 5. The number of aromatic nitrogens is 2. The molecule has 0 spiro atoms. The fourth-order valence-electron chi connectivity index (χ4n) is 4.65. The lowest BCUT2D eigenvalue weighted by atomic mass is 10.2. The van der Waals surface area contributed by atoms with E-state index >= 15 is 0 Å². The number of alkyl halides is 3. The van der Waals surface area contributed by atoms with Crippen LogP contribution < -0.4 is 4.90 Å². The van der Waals surface area contributed by atoms with E-state index in [4.69, 9.17) is 9.84 Å². The van der Waals surface area contributed by atoms with Gasteiger partial charge in [-0.3, -0.25) is 0 Å². The SMILES string of the molecule is COCCCN(Cc1c(C)nn(-c2ccccc2)c1N1CCN(C)CC1)S(=O)(=O)c1cccc(C(F)(F)F)c1. The highest BCUT2D eigenvalue weighted by Gasteiger charge is 2.34. The summed E-state index contributed by atoms with van der Waals surface area (Å²) in [6.07, 6.45) is -4.28. The largest absolute Gasteiger partial charge is 0.416 e. The summed E-state index contributed by atoms with van der Waals surface area (Å²) in [6, 6.07) is 13.5. The first kappa shape index (κ1) is 29.1. The van der Waals surface area contributed by atoms with E-state index in [0.717, 1.165) is 55.4 Å². The maximum Gasteiger partial charge on any atom is 0.416 e. The van der Waals surface area contributed by atoms with Gasteiger partial charge in [-0.25, -0.2) is 13.1 Å². The molecule has 1 fully saturated rings. The molecule has 0 radical (unpaired) electrons. The third-order valence-corrected chi connectivity index (χ3v) is 8.69. The lowest BCUT2D eigenvalue weighted by Gasteiger charge is -2.35. The number of aryl methyl sites for hydroxylation is 1. The molecule has 0 unspecified atom stereocenters. The zero-order chi connectivity index (χ0) is 28.2. The van der Waals surface area contributed by atoms with Crippen molar-refractivity contribution in [1.29, 1.82) is 0 Å². The van der Waals surface area contributed by atoms with Crippen LogP contribution in [0.5, 0.6) is 0 Å². The zero-order valence-electron chi connectivity index (χ0n) is 22.4. The molecule has 0 amide bonds. The van der Waals surface area contributed by atoms with E-state index < -0.39 is 26.7 Å². The molecule has 2 aromatic carbocycles. The van der Waals surface area contributed by atoms with Crippen LogP contribution in [0.25, 0.3) is 5.69 Å². The Morgan fingerprint density at radius 2 is 1.72 bits per heavy atom. The van der Waals surface area contributed by atoms with Gasteiger partial charge in [-0.1, -0.05) is 24.3 Å². The highest BCUT2D eigenvalue weighted by atomic mass is 32.2. The summed E-state index contributed by atoms with van der Waals surface area (Å²) in [6.45, 7) is 5.29. The molecule has 212 valence electrons. The van der Waals surface area contributed by atoms with E-state index in [2.05, 4.69) is 16.8 Å². The molecular formula is C27H34F3N5O3S. The normalized spacial score (nSPS) is 15.3. The standard InChI is InChI=1S/C27H34F3N5O3S/c1-21-25(26(33-16-14-32(2)15-17-33)35(31-21)23-10-5-4-6-11-23)20-34(13-8-18-38-3)39(36,37)24-12-7-9-22(19-24)27(28,29)30/h4-7,9-12,19H,8,13-18,20H2,1-3H3. The second kappa shape index (κ2) is 12.1. The minimum absolute atomic E-state index is 0.0391. The van der Waals surface area contributed by atoms with Crippen molar-refractivity contribution in [3.63, 3.8) is 0 Å². The van der Waals surface area contributed by atoms with Gasteiger partial charge >= 0.3 is 6.18 Å². The number of methoxy groups -OCH3 is 1. The Hall–Kier alpha value is -2.93. The van der Waals surface area contributed by atoms with Crippen LogP contribution in [0.1, 0.15) is 23.2 Å². The Morgan fingerprint density at radius 3 is 2.36 bits per heavy atom. The average molecular weight is 566 g/mol. The van der Waals surface area contributed by atoms with Crippen molar-refractivity contribution in [3.05, 3.63) is 71.4 Å². The van der Waals surface area contributed by atoms with E-state index in [1.807, 2.05) is 41.9 Å². The summed E-state index contributed by atoms with van der Waals surface area (Å²) in [5.41, 5.74) is 1.21. The van der Waals surface area contributed by atoms with Gasteiger partial charge in [0.2, 0.25) is 10.0 Å². The predicted octanol–water partition coefficient (Wildman–Crippen LogP) is 4.18. The molecule has 1 aliphatic heterocycles. The number of anilines is 1. The first-order valence-electron chi connectivity index (χ1n) is 12.8. The average Bonchev–Trinajstić information content (AvgIpc) is 3.24. The summed E-state index contributed by atoms with van der Waals surface area (Å²) in [7, 11) is -0.705. The number of likely N-dealkylation sites (N-methyl/N-ethyl adjacent to an activating group) is 1. The third-order valence-electron chi connectivity index (χ3n) is 6.85. The van der Waals surface area contributed by atoms with Crippen LogP contribution in [0, 0.1) is 6.92 Å². The number of sulfonamides is 1. The number of para-hydroxylation sites is 1. The molecule has 8 nitrogen and oxygen atoms in total. The number of rotatable bonds is 10. The van der Waals surface area contributed by atoms with Crippen LogP contribution in [0.3, 0.4) is 0 Å². The molecule has 0 aliphatic carbocycles. The summed E-state index contributed by atoms with van der Waals surface area (Å²) < 4.78 is 76.0. The maximum absolute atomic E-state index is 13.8. The molecule has 39 heavy (non-hydrogen) atoms. The second-order valence-electron chi connectivity index (χ2n) is 9.64. The Balaban J connectivity index is 1.78. The van der Waals surface area contributed by atoms with Gasteiger partial charge in [0, 0.05) is 58.5 Å². The molecule has 3 aromatic rings. The van der Waals surface area contributed by atoms with E-state index in [9.17, 15) is 21.6 Å². The number of halogens is 3. The summed E-state index contributed by atoms with van der Waals surface area (Å²) in [5.74, 6) is 0.794. The van der Waals surface area contributed by atoms with Crippen molar-refractivity contribution in [2.75, 3.05) is 58.4 Å². The molecule has 0 atom stereocenters. The topological polar surface area (TPSA) is 70.9 Å². The quantitative estimate of drug-likeness (QED) is 0.344. The number of hydrogen-bond donors (Lipinski definition) is 0. The first-order chi connectivity index (χ1) is 18.5. The molecule has 1 saturated heterocycles. The molecule has 0 N–H and O–H groups in total. The van der Waals surface area contributed by atoms with Crippen molar-refractivity contribution >= 4 is 15.8 Å². The van der Waals surface area contributed by atoms with E-state index in [-0.39, 0.29) is 13.1 Å². The fourth-order valence-corrected chi connectivity index (χ4v) is 6.15. The smallest absolute Gasteiger partial charge is 0.385 e. The van der Waals surface area contributed by atoms with Crippen molar-refractivity contribution in [1.82, 2.24) is 19.0 Å². The Morgan fingerprint density at radius 1 is 1.03 bits per heavy atom. The van der Waals surface area contributed by atoms with Gasteiger partial charge in [-0.15, -0.1) is 0 Å². The van der Waals surface area contributed by atoms with Crippen LogP contribution in [0.4, 0.5) is 19.0 Å². The van der Waals surface area contributed by atoms with Gasteiger partial charge in [-0.05, 0) is 50.7 Å². The number of ether oxygens (including phenoxy) is 1. The first-order valence-corrected chi connectivity index (χ1v) is 14.2. The monoisotopic (exact) mass is 565 g/mol. The highest BCUT2D eigenvalue weighted by Crippen LogP contribution is 2.33. The Bertz CT molecular complexity index is 1350. The molecule has 1 aromatic heterocycles. The van der Waals surface area contributed by atoms with Gasteiger partial charge < -0.3 is 14.5 Å². The Kier molecular flexibility index (Phi) is 9.00. The molecule has 1 aliphatic rings. The van der Waals surface area contributed by atoms with E-state index in [1.54, 1.807) is 0 Å². The van der Waals surface area contributed by atoms with Crippen LogP contribution in [-0.4, -0.2) is 80.9 Å². The zero-order valence-corrected chi connectivity index (χ0v) is 23.2. The van der Waals surface area contributed by atoms with Gasteiger partial charge in [0.1, 0.15) is 5.82 Å². The Labute approximate surface area is 227 Å².